The van der Waals surface area contributed by atoms with E-state index in [1.165, 1.54) is 0 Å². The summed E-state index contributed by atoms with van der Waals surface area (Å²) in [5.41, 5.74) is 0. The van der Waals surface area contributed by atoms with Crippen LogP contribution in [0.3, 0.4) is 0 Å². The molecule has 1 N–H and O–H groups in total. The molecule has 0 aliphatic carbocycles. The third-order valence-electron chi connectivity index (χ3n) is 0.748. The van der Waals surface area contributed by atoms with Crippen LogP contribution in [0.2, 0.25) is 0 Å². The summed E-state index contributed by atoms with van der Waals surface area (Å²) in [6, 6.07) is 0. The quantitative estimate of drug-likeness (QED) is 0.458. The number of allylic oxidation sites excluding steroid dienone is 1. The van der Waals surface area contributed by atoms with Crippen LogP contribution in [0.15, 0.2) is 12.2 Å². The SMILES string of the molecule is C/C=C/CNCC.Cl. The molecule has 0 radical (unpaired) electrons. The van der Waals surface area contributed by atoms with E-state index in [4.69, 9.17) is 0 Å². The molecule has 0 aromatic carbocycles. The van der Waals surface area contributed by atoms with Crippen LogP contribution in [0.4, 0.5) is 0 Å². The van der Waals surface area contributed by atoms with Crippen LogP contribution in [0.1, 0.15) is 13.8 Å². The topological polar surface area (TPSA) is 12.0 Å². The van der Waals surface area contributed by atoms with Gasteiger partial charge in [0.05, 0.1) is 0 Å². The first-order valence-corrected chi connectivity index (χ1v) is 2.73. The average molecular weight is 136 g/mol. The molecule has 0 unspecified atom stereocenters. The molecule has 0 aliphatic heterocycles. The molecule has 0 bridgehead atoms. The van der Waals surface area contributed by atoms with Gasteiger partial charge in [-0.05, 0) is 13.5 Å². The fourth-order valence-electron chi connectivity index (χ4n) is 0.346. The number of hydrogen-bond acceptors (Lipinski definition) is 1. The molecule has 0 rings (SSSR count). The van der Waals surface area contributed by atoms with E-state index in [1.54, 1.807) is 0 Å². The lowest BCUT2D eigenvalue weighted by atomic mass is 10.5. The fourth-order valence-corrected chi connectivity index (χ4v) is 0.346. The lowest BCUT2D eigenvalue weighted by molar-refractivity contribution is 0.799. The minimum Gasteiger partial charge on any atom is -0.314 e. The van der Waals surface area contributed by atoms with Gasteiger partial charge in [0.2, 0.25) is 0 Å². The summed E-state index contributed by atoms with van der Waals surface area (Å²) in [6.45, 7) is 6.19. The second-order valence-corrected chi connectivity index (χ2v) is 1.38. The van der Waals surface area contributed by atoms with Crippen molar-refractivity contribution >= 4 is 12.4 Å². The van der Waals surface area contributed by atoms with E-state index in [-0.39, 0.29) is 12.4 Å². The predicted octanol–water partition coefficient (Wildman–Crippen LogP) is 1.59. The van der Waals surface area contributed by atoms with Crippen LogP contribution in [0.5, 0.6) is 0 Å². The van der Waals surface area contributed by atoms with Crippen molar-refractivity contribution in [2.45, 2.75) is 13.8 Å². The maximum atomic E-state index is 3.16. The number of nitrogens with one attached hydrogen (secondary N) is 1. The maximum Gasteiger partial charge on any atom is 0.0134 e. The molecule has 0 saturated heterocycles. The molecule has 0 aromatic rings. The summed E-state index contributed by atoms with van der Waals surface area (Å²) in [7, 11) is 0. The maximum absolute atomic E-state index is 3.16. The Kier molecular flexibility index (Phi) is 13.7. The van der Waals surface area contributed by atoms with E-state index in [1.807, 2.05) is 13.0 Å². The van der Waals surface area contributed by atoms with Gasteiger partial charge in [0.25, 0.3) is 0 Å². The first-order chi connectivity index (χ1) is 3.41. The van der Waals surface area contributed by atoms with E-state index in [0.29, 0.717) is 0 Å². The summed E-state index contributed by atoms with van der Waals surface area (Å²) in [5, 5.41) is 3.16. The van der Waals surface area contributed by atoms with Crippen molar-refractivity contribution in [2.75, 3.05) is 13.1 Å². The van der Waals surface area contributed by atoms with Crippen LogP contribution in [-0.2, 0) is 0 Å². The van der Waals surface area contributed by atoms with Gasteiger partial charge in [-0.1, -0.05) is 19.1 Å². The van der Waals surface area contributed by atoms with Crippen LogP contribution in [-0.4, -0.2) is 13.1 Å². The van der Waals surface area contributed by atoms with Gasteiger partial charge < -0.3 is 5.32 Å². The molecule has 2 heteroatoms. The zero-order valence-corrected chi connectivity index (χ0v) is 6.29. The smallest absolute Gasteiger partial charge is 0.0134 e. The van der Waals surface area contributed by atoms with Crippen molar-refractivity contribution in [1.29, 1.82) is 0 Å². The molecular weight excluding hydrogens is 122 g/mol. The van der Waals surface area contributed by atoms with Gasteiger partial charge in [0.15, 0.2) is 0 Å². The van der Waals surface area contributed by atoms with Gasteiger partial charge in [-0.15, -0.1) is 12.4 Å². The van der Waals surface area contributed by atoms with Crippen molar-refractivity contribution in [2.24, 2.45) is 0 Å². The highest BCUT2D eigenvalue weighted by Gasteiger charge is 1.68. The average Bonchev–Trinajstić information content (AvgIpc) is 1.69. The minimum atomic E-state index is 0. The molecule has 0 aliphatic rings. The second-order valence-electron chi connectivity index (χ2n) is 1.38. The van der Waals surface area contributed by atoms with E-state index >= 15 is 0 Å². The molecule has 0 atom stereocenters. The largest absolute Gasteiger partial charge is 0.314 e. The Morgan fingerprint density at radius 1 is 1.50 bits per heavy atom. The summed E-state index contributed by atoms with van der Waals surface area (Å²) in [5.74, 6) is 0. The Balaban J connectivity index is 0. The van der Waals surface area contributed by atoms with E-state index in [2.05, 4.69) is 18.3 Å². The number of likely N-dealkylation sites (N-methyl/N-ethyl adjacent to an activating group) is 1. The Labute approximate surface area is 57.6 Å². The number of halogens is 1. The van der Waals surface area contributed by atoms with Gasteiger partial charge in [0.1, 0.15) is 0 Å². The van der Waals surface area contributed by atoms with E-state index in [9.17, 15) is 0 Å². The van der Waals surface area contributed by atoms with E-state index < -0.39 is 0 Å². The van der Waals surface area contributed by atoms with Crippen molar-refractivity contribution in [3.8, 4) is 0 Å². The van der Waals surface area contributed by atoms with Crippen LogP contribution in [0, 0.1) is 0 Å². The van der Waals surface area contributed by atoms with Crippen LogP contribution < -0.4 is 5.32 Å². The first kappa shape index (κ1) is 10.9. The Morgan fingerprint density at radius 3 is 2.50 bits per heavy atom. The zero-order valence-electron chi connectivity index (χ0n) is 5.48. The van der Waals surface area contributed by atoms with Gasteiger partial charge in [-0.25, -0.2) is 0 Å². The van der Waals surface area contributed by atoms with Gasteiger partial charge in [0, 0.05) is 6.54 Å². The molecule has 1 nitrogen and oxygen atoms in total. The zero-order chi connectivity index (χ0) is 5.54. The van der Waals surface area contributed by atoms with Crippen LogP contribution in [0.25, 0.3) is 0 Å². The summed E-state index contributed by atoms with van der Waals surface area (Å²) in [4.78, 5) is 0. The van der Waals surface area contributed by atoms with Crippen molar-refractivity contribution in [1.82, 2.24) is 5.32 Å². The molecule has 0 fully saturated rings. The summed E-state index contributed by atoms with van der Waals surface area (Å²) in [6.07, 6.45) is 4.14. The Morgan fingerprint density at radius 2 is 2.12 bits per heavy atom. The number of hydrogen-bond donors (Lipinski definition) is 1. The lowest BCUT2D eigenvalue weighted by Crippen LogP contribution is -2.11. The standard InChI is InChI=1S/C6H13N.ClH/c1-3-5-6-7-4-2;/h3,5,7H,4,6H2,1-2H3;1H/b5-3+;. The van der Waals surface area contributed by atoms with E-state index in [0.717, 1.165) is 13.1 Å². The molecule has 0 heterocycles. The minimum absolute atomic E-state index is 0. The molecule has 0 saturated carbocycles. The van der Waals surface area contributed by atoms with Gasteiger partial charge in [-0.2, -0.15) is 0 Å². The fraction of sp³-hybridized carbons (Fsp3) is 0.667. The highest BCUT2D eigenvalue weighted by molar-refractivity contribution is 5.85. The monoisotopic (exact) mass is 135 g/mol. The van der Waals surface area contributed by atoms with Crippen molar-refractivity contribution in [3.05, 3.63) is 12.2 Å². The normalized spacial score (nSPS) is 9.25. The molecule has 0 spiro atoms. The van der Waals surface area contributed by atoms with Crippen molar-refractivity contribution < 1.29 is 0 Å². The summed E-state index contributed by atoms with van der Waals surface area (Å²) < 4.78 is 0. The van der Waals surface area contributed by atoms with Crippen molar-refractivity contribution in [3.63, 3.8) is 0 Å². The third kappa shape index (κ3) is 9.37. The first-order valence-electron chi connectivity index (χ1n) is 2.73. The summed E-state index contributed by atoms with van der Waals surface area (Å²) >= 11 is 0. The second kappa shape index (κ2) is 10.1. The lowest BCUT2D eigenvalue weighted by Gasteiger charge is -1.89. The Hall–Kier alpha value is -0.0100. The third-order valence-corrected chi connectivity index (χ3v) is 0.748. The molecule has 0 amide bonds. The molecule has 50 valence electrons. The Bertz CT molecular complexity index is 52.5. The highest BCUT2D eigenvalue weighted by Crippen LogP contribution is 1.64. The molecular formula is C6H14ClN. The highest BCUT2D eigenvalue weighted by atomic mass is 35.5. The molecule has 0 aromatic heterocycles. The predicted molar refractivity (Wildman–Crippen MR) is 40.6 cm³/mol. The number of rotatable bonds is 3. The van der Waals surface area contributed by atoms with Gasteiger partial charge >= 0.3 is 0 Å². The van der Waals surface area contributed by atoms with Gasteiger partial charge in [-0.3, -0.25) is 0 Å². The van der Waals surface area contributed by atoms with Crippen LogP contribution >= 0.6 is 12.4 Å². The molecule has 8 heavy (non-hydrogen) atoms.